The highest BCUT2D eigenvalue weighted by atomic mass is 32.1. The van der Waals surface area contributed by atoms with Crippen molar-refractivity contribution in [3.8, 4) is 10.4 Å². The van der Waals surface area contributed by atoms with E-state index in [1.807, 2.05) is 6.07 Å². The van der Waals surface area contributed by atoms with E-state index >= 15 is 0 Å². The van der Waals surface area contributed by atoms with Crippen LogP contribution in [0.1, 0.15) is 66.5 Å². The summed E-state index contributed by atoms with van der Waals surface area (Å²) >= 11 is 1.10. The van der Waals surface area contributed by atoms with E-state index in [1.54, 1.807) is 36.4 Å². The number of hydrogen-bond donors (Lipinski definition) is 2. The highest BCUT2D eigenvalue weighted by Crippen LogP contribution is 2.44. The number of hydrogen-bond acceptors (Lipinski definition) is 7. The molecule has 2 N–H and O–H groups in total. The highest BCUT2D eigenvalue weighted by Gasteiger charge is 2.45. The van der Waals surface area contributed by atoms with Gasteiger partial charge in [0.2, 0.25) is 0 Å². The van der Waals surface area contributed by atoms with Gasteiger partial charge < -0.3 is 25.2 Å². The van der Waals surface area contributed by atoms with Crippen LogP contribution in [0.5, 0.6) is 0 Å². The standard InChI is InChI=1S/C42H36F3N5O4S/c43-27-9-12-29-34(21-27)50(16-13-26-20-35(55-37(26)29)40(52)48-36-31(44)4-2-5-32(36)45)41(53)24-7-10-28(11-8-24)46-39(51)30-19-25-3-1-6-33(25)47-38(30)49-22-42(23-49)14-17-54-18-15-42/h2,4-5,7-12,19-21H,1,3,6,13-18,22-23H2,(H,46,51)(H,48,52). The second-order valence-electron chi connectivity index (χ2n) is 14.7. The van der Waals surface area contributed by atoms with Crippen molar-refractivity contribution in [3.63, 3.8) is 0 Å². The largest absolute Gasteiger partial charge is 0.381 e. The molecule has 0 radical (unpaired) electrons. The zero-order valence-electron chi connectivity index (χ0n) is 29.7. The van der Waals surface area contributed by atoms with Crippen LogP contribution in [0.25, 0.3) is 10.4 Å². The van der Waals surface area contributed by atoms with E-state index in [1.165, 1.54) is 23.1 Å². The van der Waals surface area contributed by atoms with E-state index in [4.69, 9.17) is 9.72 Å². The predicted molar refractivity (Wildman–Crippen MR) is 205 cm³/mol. The Balaban J connectivity index is 0.930. The Morgan fingerprint density at radius 1 is 0.818 bits per heavy atom. The summed E-state index contributed by atoms with van der Waals surface area (Å²) in [6, 6.07) is 17.7. The number of fused-ring (bicyclic) bond motifs is 4. The Morgan fingerprint density at radius 3 is 2.35 bits per heavy atom. The summed E-state index contributed by atoms with van der Waals surface area (Å²) < 4.78 is 48.8. The molecule has 3 amide bonds. The molecule has 3 aromatic carbocycles. The number of ether oxygens (including phenoxy) is 1. The van der Waals surface area contributed by atoms with Crippen molar-refractivity contribution >= 4 is 51.9 Å². The normalized spacial score (nSPS) is 16.8. The number of rotatable bonds is 6. The summed E-state index contributed by atoms with van der Waals surface area (Å²) in [7, 11) is 0. The van der Waals surface area contributed by atoms with Crippen LogP contribution in [0.15, 0.2) is 72.8 Å². The number of amides is 3. The van der Waals surface area contributed by atoms with Gasteiger partial charge in [0.1, 0.15) is 29.0 Å². The summed E-state index contributed by atoms with van der Waals surface area (Å²) in [4.78, 5) is 50.6. The Morgan fingerprint density at radius 2 is 1.58 bits per heavy atom. The van der Waals surface area contributed by atoms with Crippen LogP contribution in [0.3, 0.4) is 0 Å². The van der Waals surface area contributed by atoms with Crippen LogP contribution in [-0.2, 0) is 24.0 Å². The molecule has 0 atom stereocenters. The van der Waals surface area contributed by atoms with Gasteiger partial charge in [0.25, 0.3) is 17.7 Å². The minimum Gasteiger partial charge on any atom is -0.381 e. The lowest BCUT2D eigenvalue weighted by molar-refractivity contribution is -0.000521. The van der Waals surface area contributed by atoms with Crippen molar-refractivity contribution in [2.24, 2.45) is 5.41 Å². The third-order valence-electron chi connectivity index (χ3n) is 11.1. The van der Waals surface area contributed by atoms with Gasteiger partial charge >= 0.3 is 0 Å². The van der Waals surface area contributed by atoms with Gasteiger partial charge in [0.15, 0.2) is 0 Å². The molecule has 4 aliphatic rings. The summed E-state index contributed by atoms with van der Waals surface area (Å²) in [6.07, 6.45) is 5.18. The van der Waals surface area contributed by atoms with Gasteiger partial charge in [-0.25, -0.2) is 18.2 Å². The number of carbonyl (C=O) groups is 3. The number of nitrogens with zero attached hydrogens (tertiary/aromatic N) is 3. The molecular formula is C42H36F3N5O4S. The van der Waals surface area contributed by atoms with Gasteiger partial charge in [0.05, 0.1) is 16.1 Å². The minimum absolute atomic E-state index is 0.180. The third-order valence-corrected chi connectivity index (χ3v) is 12.4. The maximum Gasteiger partial charge on any atom is 0.265 e. The molecule has 2 saturated heterocycles. The number of aromatic nitrogens is 1. The lowest BCUT2D eigenvalue weighted by Crippen LogP contribution is -2.59. The van der Waals surface area contributed by atoms with Gasteiger partial charge in [0, 0.05) is 65.6 Å². The third kappa shape index (κ3) is 6.54. The maximum absolute atomic E-state index is 14.8. The maximum atomic E-state index is 14.8. The molecule has 13 heteroatoms. The number of anilines is 4. The van der Waals surface area contributed by atoms with Gasteiger partial charge in [-0.1, -0.05) is 6.07 Å². The molecule has 9 rings (SSSR count). The average molecular weight is 764 g/mol. The first-order chi connectivity index (χ1) is 26.6. The molecular weight excluding hydrogens is 728 g/mol. The number of nitrogens with one attached hydrogen (secondary N) is 2. The van der Waals surface area contributed by atoms with Crippen molar-refractivity contribution in [1.29, 1.82) is 0 Å². The topological polar surface area (TPSA) is 104 Å². The zero-order valence-corrected chi connectivity index (χ0v) is 30.5. The van der Waals surface area contributed by atoms with E-state index in [-0.39, 0.29) is 28.7 Å². The Labute approximate surface area is 319 Å². The van der Waals surface area contributed by atoms with Gasteiger partial charge in [-0.05, 0) is 116 Å². The molecule has 1 aliphatic carbocycles. The van der Waals surface area contributed by atoms with E-state index in [0.717, 1.165) is 105 Å². The van der Waals surface area contributed by atoms with Crippen molar-refractivity contribution in [1.82, 2.24) is 4.98 Å². The molecule has 55 heavy (non-hydrogen) atoms. The molecule has 5 heterocycles. The Bertz CT molecular complexity index is 2350. The molecule has 3 aliphatic heterocycles. The van der Waals surface area contributed by atoms with Crippen molar-refractivity contribution in [2.75, 3.05) is 53.3 Å². The lowest BCUT2D eigenvalue weighted by Gasteiger charge is -2.53. The Hall–Kier alpha value is -5.53. The van der Waals surface area contributed by atoms with Crippen molar-refractivity contribution in [3.05, 3.63) is 123 Å². The van der Waals surface area contributed by atoms with Gasteiger partial charge in [-0.15, -0.1) is 11.3 Å². The van der Waals surface area contributed by atoms with Crippen LogP contribution in [0, 0.1) is 22.9 Å². The smallest absolute Gasteiger partial charge is 0.265 e. The molecule has 0 bridgehead atoms. The number of pyridine rings is 1. The molecule has 1 spiro atoms. The molecule has 0 saturated carbocycles. The number of carbonyl (C=O) groups excluding carboxylic acids is 3. The monoisotopic (exact) mass is 763 g/mol. The SMILES string of the molecule is O=C(Nc1c(F)cccc1F)c1cc2c(s1)-c1ccc(F)cc1N(C(=O)c1ccc(NC(=O)c3cc4c(nc3N3CC5(CCOCC5)C3)CCC4)cc1)CC2. The fraction of sp³-hybridized carbons (Fsp3) is 0.286. The summed E-state index contributed by atoms with van der Waals surface area (Å²) in [6.45, 7) is 3.41. The number of para-hydroxylation sites is 1. The number of benzene rings is 3. The van der Waals surface area contributed by atoms with Crippen LogP contribution in [0.2, 0.25) is 0 Å². The fourth-order valence-electron chi connectivity index (χ4n) is 8.18. The van der Waals surface area contributed by atoms with Crippen LogP contribution in [0.4, 0.5) is 36.1 Å². The number of aryl methyl sites for hydroxylation is 2. The first-order valence-corrected chi connectivity index (χ1v) is 19.2. The first kappa shape index (κ1) is 35.2. The van der Waals surface area contributed by atoms with Crippen LogP contribution in [-0.4, -0.2) is 55.6 Å². The number of thiophene rings is 1. The molecule has 5 aromatic rings. The van der Waals surface area contributed by atoms with Crippen LogP contribution >= 0.6 is 11.3 Å². The molecule has 280 valence electrons. The van der Waals surface area contributed by atoms with Crippen molar-refractivity contribution in [2.45, 2.75) is 38.5 Å². The lowest BCUT2D eigenvalue weighted by atomic mass is 9.73. The summed E-state index contributed by atoms with van der Waals surface area (Å²) in [5, 5.41) is 5.34. The average Bonchev–Trinajstić information content (AvgIpc) is 3.79. The summed E-state index contributed by atoms with van der Waals surface area (Å²) in [5.74, 6) is -2.92. The van der Waals surface area contributed by atoms with E-state index in [9.17, 15) is 27.6 Å². The van der Waals surface area contributed by atoms with Crippen molar-refractivity contribution < 1.29 is 32.3 Å². The molecule has 2 fully saturated rings. The van der Waals surface area contributed by atoms with Gasteiger partial charge in [-0.3, -0.25) is 14.4 Å². The van der Waals surface area contributed by atoms with E-state index < -0.39 is 29.0 Å². The second kappa shape index (κ2) is 14.0. The predicted octanol–water partition coefficient (Wildman–Crippen LogP) is 8.04. The minimum atomic E-state index is -0.895. The highest BCUT2D eigenvalue weighted by molar-refractivity contribution is 7.17. The second-order valence-corrected chi connectivity index (χ2v) is 15.8. The number of halogens is 3. The Kier molecular flexibility index (Phi) is 8.93. The quantitative estimate of drug-likeness (QED) is 0.182. The zero-order chi connectivity index (χ0) is 37.8. The molecule has 9 nitrogen and oxygen atoms in total. The first-order valence-electron chi connectivity index (χ1n) is 18.4. The molecule has 0 unspecified atom stereocenters. The summed E-state index contributed by atoms with van der Waals surface area (Å²) in [5.41, 5.74) is 4.87. The van der Waals surface area contributed by atoms with Gasteiger partial charge in [-0.2, -0.15) is 0 Å². The fourth-order valence-corrected chi connectivity index (χ4v) is 9.32. The van der Waals surface area contributed by atoms with Crippen LogP contribution < -0.4 is 20.4 Å². The molecule has 2 aromatic heterocycles. The van der Waals surface area contributed by atoms with E-state index in [0.29, 0.717) is 39.4 Å². The van der Waals surface area contributed by atoms with E-state index in [2.05, 4.69) is 15.5 Å².